The van der Waals surface area contributed by atoms with Crippen LogP contribution in [0.25, 0.3) is 0 Å². The molecule has 0 aliphatic carbocycles. The van der Waals surface area contributed by atoms with E-state index >= 15 is 0 Å². The van der Waals surface area contributed by atoms with Gasteiger partial charge in [0.25, 0.3) is 0 Å². The van der Waals surface area contributed by atoms with Crippen LogP contribution in [0.1, 0.15) is 12.0 Å². The third-order valence-electron chi connectivity index (χ3n) is 2.07. The van der Waals surface area contributed by atoms with E-state index in [4.69, 9.17) is 11.1 Å². The van der Waals surface area contributed by atoms with E-state index in [1.54, 1.807) is 12.1 Å². The number of methoxy groups -OCH3 is 1. The van der Waals surface area contributed by atoms with Crippen molar-refractivity contribution in [3.05, 3.63) is 35.9 Å². The van der Waals surface area contributed by atoms with Crippen molar-refractivity contribution >= 4 is 11.7 Å². The van der Waals surface area contributed by atoms with E-state index in [0.29, 0.717) is 0 Å². The summed E-state index contributed by atoms with van der Waals surface area (Å²) in [6.07, 6.45) is 0.0320. The van der Waals surface area contributed by atoms with Crippen molar-refractivity contribution < 1.29 is 9.53 Å². The Morgan fingerprint density at radius 1 is 1.47 bits per heavy atom. The van der Waals surface area contributed by atoms with E-state index in [9.17, 15) is 4.79 Å². The molecule has 0 radical (unpaired) electrons. The van der Waals surface area contributed by atoms with Crippen molar-refractivity contribution in [2.45, 2.75) is 12.5 Å². The molecule has 0 spiro atoms. The Morgan fingerprint density at radius 2 is 2.07 bits per heavy atom. The van der Waals surface area contributed by atoms with Crippen LogP contribution in [0.3, 0.4) is 0 Å². The fourth-order valence-corrected chi connectivity index (χ4v) is 1.20. The molecule has 0 heterocycles. The lowest BCUT2D eigenvalue weighted by Gasteiger charge is -2.11. The molecule has 4 heteroatoms. The highest BCUT2D eigenvalue weighted by Crippen LogP contribution is 2.04. The molecule has 0 saturated heterocycles. The molecule has 1 aromatic rings. The average Bonchev–Trinajstić information content (AvgIpc) is 2.29. The highest BCUT2D eigenvalue weighted by molar-refractivity contribution is 6.03. The van der Waals surface area contributed by atoms with Crippen molar-refractivity contribution in [2.75, 3.05) is 7.11 Å². The molecule has 1 unspecified atom stereocenters. The predicted molar refractivity (Wildman–Crippen MR) is 57.9 cm³/mol. The molecular weight excluding hydrogens is 192 g/mol. The van der Waals surface area contributed by atoms with Gasteiger partial charge >= 0.3 is 5.97 Å². The van der Waals surface area contributed by atoms with Gasteiger partial charge in [0.1, 0.15) is 0 Å². The zero-order valence-corrected chi connectivity index (χ0v) is 8.57. The Labute approximate surface area is 88.6 Å². The van der Waals surface area contributed by atoms with Crippen molar-refractivity contribution in [3.8, 4) is 0 Å². The maximum atomic E-state index is 11.0. The average molecular weight is 206 g/mol. The monoisotopic (exact) mass is 206 g/mol. The highest BCUT2D eigenvalue weighted by atomic mass is 16.5. The minimum absolute atomic E-state index is 0.0320. The molecule has 4 nitrogen and oxygen atoms in total. The minimum Gasteiger partial charge on any atom is -0.469 e. The normalized spacial score (nSPS) is 11.9. The van der Waals surface area contributed by atoms with Crippen LogP contribution in [0.15, 0.2) is 30.3 Å². The molecule has 0 aromatic heterocycles. The summed E-state index contributed by atoms with van der Waals surface area (Å²) >= 11 is 0. The van der Waals surface area contributed by atoms with Gasteiger partial charge in [-0.05, 0) is 5.56 Å². The smallest absolute Gasteiger partial charge is 0.307 e. The number of nitrogens with one attached hydrogen (secondary N) is 1. The van der Waals surface area contributed by atoms with E-state index in [2.05, 4.69) is 4.74 Å². The van der Waals surface area contributed by atoms with Gasteiger partial charge in [-0.3, -0.25) is 4.79 Å². The molecule has 0 fully saturated rings. The summed E-state index contributed by atoms with van der Waals surface area (Å²) < 4.78 is 4.49. The van der Waals surface area contributed by atoms with Crippen molar-refractivity contribution in [2.24, 2.45) is 5.73 Å². The molecule has 1 rings (SSSR count). The first-order valence-electron chi connectivity index (χ1n) is 4.61. The van der Waals surface area contributed by atoms with E-state index < -0.39 is 12.0 Å². The number of benzene rings is 1. The molecule has 1 aromatic carbocycles. The van der Waals surface area contributed by atoms with E-state index in [0.717, 1.165) is 5.56 Å². The molecule has 80 valence electrons. The molecule has 0 aliphatic heterocycles. The van der Waals surface area contributed by atoms with E-state index in [1.165, 1.54) is 7.11 Å². The number of carbonyl (C=O) groups excluding carboxylic acids is 1. The maximum absolute atomic E-state index is 11.0. The summed E-state index contributed by atoms with van der Waals surface area (Å²) in [6.45, 7) is 0. The van der Waals surface area contributed by atoms with Crippen LogP contribution in [-0.2, 0) is 9.53 Å². The summed E-state index contributed by atoms with van der Waals surface area (Å²) in [5, 5.41) is 7.77. The van der Waals surface area contributed by atoms with Gasteiger partial charge in [-0.25, -0.2) is 0 Å². The lowest BCUT2D eigenvalue weighted by Crippen LogP contribution is -2.33. The molecule has 1 atom stereocenters. The third-order valence-corrected chi connectivity index (χ3v) is 2.07. The molecule has 0 bridgehead atoms. The zero-order chi connectivity index (χ0) is 11.3. The van der Waals surface area contributed by atoms with Gasteiger partial charge in [0.05, 0.1) is 25.3 Å². The van der Waals surface area contributed by atoms with E-state index in [-0.39, 0.29) is 12.1 Å². The summed E-state index contributed by atoms with van der Waals surface area (Å²) in [4.78, 5) is 11.0. The van der Waals surface area contributed by atoms with Crippen molar-refractivity contribution in [1.82, 2.24) is 0 Å². The summed E-state index contributed by atoms with van der Waals surface area (Å²) in [7, 11) is 1.31. The van der Waals surface area contributed by atoms with E-state index in [1.807, 2.05) is 18.2 Å². The maximum Gasteiger partial charge on any atom is 0.307 e. The fraction of sp³-hybridized carbons (Fsp3) is 0.273. The van der Waals surface area contributed by atoms with Crippen LogP contribution in [0.2, 0.25) is 0 Å². The highest BCUT2D eigenvalue weighted by Gasteiger charge is 2.15. The number of nitrogens with two attached hydrogens (primary N) is 1. The van der Waals surface area contributed by atoms with Gasteiger partial charge in [0.2, 0.25) is 0 Å². The Kier molecular flexibility index (Phi) is 4.00. The summed E-state index contributed by atoms with van der Waals surface area (Å²) in [5.74, 6) is -0.400. The predicted octanol–water partition coefficient (Wildman–Crippen LogP) is 0.945. The number of esters is 1. The molecule has 0 saturated carbocycles. The first-order chi connectivity index (χ1) is 7.15. The Balaban J connectivity index is 2.65. The number of ether oxygens (including phenoxy) is 1. The van der Waals surface area contributed by atoms with Gasteiger partial charge in [-0.1, -0.05) is 30.3 Å². The number of rotatable bonds is 4. The molecular formula is C11H14N2O2. The van der Waals surface area contributed by atoms with Gasteiger partial charge in [0.15, 0.2) is 0 Å². The first-order valence-corrected chi connectivity index (χ1v) is 4.61. The van der Waals surface area contributed by atoms with Crippen LogP contribution in [-0.4, -0.2) is 24.8 Å². The Morgan fingerprint density at radius 3 is 2.60 bits per heavy atom. The van der Waals surface area contributed by atoms with Crippen LogP contribution < -0.4 is 5.73 Å². The molecule has 15 heavy (non-hydrogen) atoms. The fourth-order valence-electron chi connectivity index (χ4n) is 1.20. The Hall–Kier alpha value is -1.68. The number of hydrogen-bond donors (Lipinski definition) is 2. The second kappa shape index (κ2) is 5.26. The summed E-state index contributed by atoms with van der Waals surface area (Å²) in [5.41, 5.74) is 6.68. The minimum atomic E-state index is -0.611. The largest absolute Gasteiger partial charge is 0.469 e. The number of carbonyl (C=O) groups is 1. The number of hydrogen-bond acceptors (Lipinski definition) is 4. The molecule has 3 N–H and O–H groups in total. The third kappa shape index (κ3) is 3.18. The molecule has 0 aliphatic rings. The van der Waals surface area contributed by atoms with Crippen molar-refractivity contribution in [1.29, 1.82) is 5.41 Å². The van der Waals surface area contributed by atoms with Crippen molar-refractivity contribution in [3.63, 3.8) is 0 Å². The van der Waals surface area contributed by atoms with Crippen LogP contribution in [0.4, 0.5) is 0 Å². The van der Waals surface area contributed by atoms with Gasteiger partial charge < -0.3 is 15.9 Å². The van der Waals surface area contributed by atoms with Gasteiger partial charge in [0, 0.05) is 0 Å². The second-order valence-electron chi connectivity index (χ2n) is 3.17. The topological polar surface area (TPSA) is 76.2 Å². The second-order valence-corrected chi connectivity index (χ2v) is 3.17. The zero-order valence-electron chi connectivity index (χ0n) is 8.57. The van der Waals surface area contributed by atoms with Crippen LogP contribution in [0.5, 0.6) is 0 Å². The SMILES string of the molecule is COC(=O)CC(N)C(=N)c1ccccc1. The van der Waals surface area contributed by atoms with Gasteiger partial charge in [-0.2, -0.15) is 0 Å². The quantitative estimate of drug-likeness (QED) is 0.568. The van der Waals surface area contributed by atoms with Gasteiger partial charge in [-0.15, -0.1) is 0 Å². The van der Waals surface area contributed by atoms with Crippen LogP contribution in [0, 0.1) is 5.41 Å². The lowest BCUT2D eigenvalue weighted by molar-refractivity contribution is -0.140. The summed E-state index contributed by atoms with van der Waals surface area (Å²) in [6, 6.07) is 8.49. The lowest BCUT2D eigenvalue weighted by atomic mass is 10.0. The first kappa shape index (κ1) is 11.4. The standard InChI is InChI=1S/C11H14N2O2/c1-15-10(14)7-9(12)11(13)8-5-3-2-4-6-8/h2-6,9,13H,7,12H2,1H3. The molecule has 0 amide bonds. The van der Waals surface area contributed by atoms with Crippen LogP contribution >= 0.6 is 0 Å². The Bertz CT molecular complexity index is 349.